The molecule has 0 heterocycles. The maximum atomic E-state index is 3.53. The third-order valence-corrected chi connectivity index (χ3v) is 11.7. The molecule has 4 aromatic carbocycles. The number of rotatable bonds is 8. The Labute approximate surface area is 385 Å². The van der Waals surface area contributed by atoms with Gasteiger partial charge < -0.3 is 10.2 Å². The van der Waals surface area contributed by atoms with Crippen LogP contribution in [0.4, 0.5) is 11.4 Å². The average Bonchev–Trinajstić information content (AvgIpc) is 4.22. The highest BCUT2D eigenvalue weighted by Gasteiger charge is 2.53. The summed E-state index contributed by atoms with van der Waals surface area (Å²) in [6, 6.07) is 31.8. The molecule has 10 rings (SSSR count). The first-order valence-corrected chi connectivity index (χ1v) is 23.7. The van der Waals surface area contributed by atoms with Gasteiger partial charge in [0.25, 0.3) is 0 Å². The van der Waals surface area contributed by atoms with Gasteiger partial charge in [0.15, 0.2) is 0 Å². The van der Waals surface area contributed by atoms with Crippen molar-refractivity contribution in [1.29, 1.82) is 0 Å². The molecule has 2 nitrogen and oxygen atoms in total. The van der Waals surface area contributed by atoms with E-state index >= 15 is 0 Å². The Morgan fingerprint density at radius 2 is 1.47 bits per heavy atom. The first-order valence-electron chi connectivity index (χ1n) is 23.7. The highest BCUT2D eigenvalue weighted by molar-refractivity contribution is 6.00. The van der Waals surface area contributed by atoms with Crippen molar-refractivity contribution in [3.8, 4) is 11.1 Å². The zero-order chi connectivity index (χ0) is 45.5. The van der Waals surface area contributed by atoms with Gasteiger partial charge in [-0.25, -0.2) is 0 Å². The van der Waals surface area contributed by atoms with Crippen LogP contribution in [0.25, 0.3) is 28.3 Å². The summed E-state index contributed by atoms with van der Waals surface area (Å²) in [5, 5.41) is 3.49. The lowest BCUT2D eigenvalue weighted by Crippen LogP contribution is -2.28. The summed E-state index contributed by atoms with van der Waals surface area (Å²) in [4.78, 5) is 2.37. The summed E-state index contributed by atoms with van der Waals surface area (Å²) < 4.78 is 0. The van der Waals surface area contributed by atoms with Gasteiger partial charge in [-0.2, -0.15) is 0 Å². The third kappa shape index (κ3) is 8.98. The van der Waals surface area contributed by atoms with E-state index in [1.165, 1.54) is 66.8 Å². The fraction of sp³-hybridized carbons (Fsp3) is 0.210. The minimum Gasteiger partial charge on any atom is -0.362 e. The van der Waals surface area contributed by atoms with E-state index in [-0.39, 0.29) is 5.41 Å². The van der Waals surface area contributed by atoms with Crippen molar-refractivity contribution in [3.05, 3.63) is 250 Å². The van der Waals surface area contributed by atoms with Crippen LogP contribution in [0.15, 0.2) is 217 Å². The molecule has 64 heavy (non-hydrogen) atoms. The van der Waals surface area contributed by atoms with E-state index in [9.17, 15) is 0 Å². The molecule has 1 spiro atoms. The summed E-state index contributed by atoms with van der Waals surface area (Å²) in [5.41, 5.74) is 23.5. The van der Waals surface area contributed by atoms with Crippen LogP contribution in [0.3, 0.4) is 0 Å². The molecule has 0 fully saturated rings. The molecule has 0 saturated carbocycles. The second kappa shape index (κ2) is 22.5. The first kappa shape index (κ1) is 46.6. The molecule has 0 aromatic heterocycles. The van der Waals surface area contributed by atoms with Gasteiger partial charge in [0.2, 0.25) is 0 Å². The monoisotopic (exact) mass is 839 g/mol. The topological polar surface area (TPSA) is 15.3 Å². The van der Waals surface area contributed by atoms with Crippen molar-refractivity contribution in [2.24, 2.45) is 0 Å². The van der Waals surface area contributed by atoms with E-state index in [2.05, 4.69) is 205 Å². The van der Waals surface area contributed by atoms with Gasteiger partial charge in [-0.15, -0.1) is 0 Å². The van der Waals surface area contributed by atoms with Gasteiger partial charge >= 0.3 is 0 Å². The maximum absolute atomic E-state index is 3.53. The van der Waals surface area contributed by atoms with Gasteiger partial charge in [0.1, 0.15) is 0 Å². The molecule has 2 heteroatoms. The minimum atomic E-state index is -0.390. The number of allylic oxidation sites excluding steroid dienone is 19. The Morgan fingerprint density at radius 1 is 0.656 bits per heavy atom. The molecule has 6 aliphatic rings. The van der Waals surface area contributed by atoms with Crippen molar-refractivity contribution < 1.29 is 0 Å². The lowest BCUT2D eigenvalue weighted by molar-refractivity contribution is 0.749. The Balaban J connectivity index is 0.000000807. The Hall–Kier alpha value is -6.86. The second-order valence-corrected chi connectivity index (χ2v) is 15.0. The SMILES string of the molecule is CC.CC.CC.CC.CC1=C\C=C/C(N(C2=C=CC=C2)c2ccc3c(c2)C2(C4=C3C=CC4)c3ccccc3-c3c(/C=C\C=C/Nc4cccc(C5=CC=CC5)c4)cccc32)=CC/C=C\1. The normalized spacial score (nSPS) is 19.3. The first-order chi connectivity index (χ1) is 31.7. The quantitative estimate of drug-likeness (QED) is 0.140. The summed E-state index contributed by atoms with van der Waals surface area (Å²) in [5.74, 6) is 0. The van der Waals surface area contributed by atoms with E-state index in [0.29, 0.717) is 0 Å². The second-order valence-electron chi connectivity index (χ2n) is 15.0. The average molecular weight is 839 g/mol. The van der Waals surface area contributed by atoms with Crippen LogP contribution in [0, 0.1) is 0 Å². The highest BCUT2D eigenvalue weighted by atomic mass is 15.2. The fourth-order valence-electron chi connectivity index (χ4n) is 9.35. The van der Waals surface area contributed by atoms with Gasteiger partial charge in [0.05, 0.1) is 11.1 Å². The summed E-state index contributed by atoms with van der Waals surface area (Å²) in [7, 11) is 0. The number of benzene rings is 4. The van der Waals surface area contributed by atoms with E-state index in [1.807, 2.05) is 67.7 Å². The zero-order valence-electron chi connectivity index (χ0n) is 39.5. The molecule has 1 atom stereocenters. The van der Waals surface area contributed by atoms with Crippen LogP contribution in [0.1, 0.15) is 115 Å². The van der Waals surface area contributed by atoms with Crippen LogP contribution in [-0.4, -0.2) is 0 Å². The Morgan fingerprint density at radius 3 is 2.27 bits per heavy atom. The highest BCUT2D eigenvalue weighted by Crippen LogP contribution is 2.64. The molecule has 0 amide bonds. The molecule has 0 aliphatic heterocycles. The standard InChI is InChI=1S/C54H42N2.4C2H6/c1-38-16-2-5-24-44(27-12-17-38)56(43-25-6-7-26-43)45-33-34-47-46-29-15-31-49(46)54(52(47)37-45)50-30-9-8-28-48(50)53-40(21-14-32-51(53)54)20-10-11-35-55-42-23-13-22-41(36-42)39-18-3-4-19-39;4*1-2/h2-4,6-18,20-25,27-30,32-37,55H,5,19,31H2,1H3;4*1-2H3/b16-2-,20-10-,27-12-,35-11-,38-17+,44-24?;;;;. The maximum Gasteiger partial charge on any atom is 0.0890 e. The summed E-state index contributed by atoms with van der Waals surface area (Å²) in [6.45, 7) is 18.1. The van der Waals surface area contributed by atoms with E-state index < -0.39 is 0 Å². The predicted octanol–water partition coefficient (Wildman–Crippen LogP) is 17.6. The molecule has 1 unspecified atom stereocenters. The molecule has 0 radical (unpaired) electrons. The van der Waals surface area contributed by atoms with Gasteiger partial charge in [0, 0.05) is 23.3 Å². The Bertz CT molecular complexity index is 2740. The molecule has 4 aromatic rings. The molecule has 6 aliphatic carbocycles. The van der Waals surface area contributed by atoms with Crippen molar-refractivity contribution >= 4 is 28.6 Å². The molecule has 324 valence electrons. The number of hydrogen-bond acceptors (Lipinski definition) is 2. The number of nitrogens with one attached hydrogen (secondary N) is 1. The lowest BCUT2D eigenvalue weighted by atomic mass is 9.69. The number of anilines is 2. The van der Waals surface area contributed by atoms with E-state index in [0.717, 1.165) is 42.0 Å². The van der Waals surface area contributed by atoms with Gasteiger partial charge in [-0.05, 0) is 136 Å². The van der Waals surface area contributed by atoms with Crippen LogP contribution in [0.5, 0.6) is 0 Å². The molecular formula is C62H66N2. The summed E-state index contributed by atoms with van der Waals surface area (Å²) >= 11 is 0. The third-order valence-electron chi connectivity index (χ3n) is 11.7. The van der Waals surface area contributed by atoms with Crippen molar-refractivity contribution in [3.63, 3.8) is 0 Å². The largest absolute Gasteiger partial charge is 0.362 e. The van der Waals surface area contributed by atoms with Gasteiger partial charge in [-0.3, -0.25) is 0 Å². The Kier molecular flexibility index (Phi) is 16.4. The smallest absolute Gasteiger partial charge is 0.0890 e. The summed E-state index contributed by atoms with van der Waals surface area (Å²) in [6.07, 6.45) is 42.1. The number of hydrogen-bond donors (Lipinski definition) is 1. The van der Waals surface area contributed by atoms with E-state index in [1.54, 1.807) is 0 Å². The van der Waals surface area contributed by atoms with Gasteiger partial charge in [-0.1, -0.05) is 206 Å². The molecule has 1 N–H and O–H groups in total. The number of nitrogens with zero attached hydrogens (tertiary/aromatic N) is 1. The molecule has 0 bridgehead atoms. The fourth-order valence-corrected chi connectivity index (χ4v) is 9.35. The van der Waals surface area contributed by atoms with Crippen LogP contribution < -0.4 is 10.2 Å². The van der Waals surface area contributed by atoms with Crippen LogP contribution in [-0.2, 0) is 5.41 Å². The van der Waals surface area contributed by atoms with Crippen molar-refractivity contribution in [1.82, 2.24) is 0 Å². The van der Waals surface area contributed by atoms with Crippen LogP contribution in [0.2, 0.25) is 0 Å². The van der Waals surface area contributed by atoms with Crippen molar-refractivity contribution in [2.75, 3.05) is 10.2 Å². The lowest BCUT2D eigenvalue weighted by Gasteiger charge is -2.33. The van der Waals surface area contributed by atoms with Crippen LogP contribution >= 0.6 is 0 Å². The van der Waals surface area contributed by atoms with Crippen molar-refractivity contribution in [2.45, 2.75) is 87.0 Å². The minimum absolute atomic E-state index is 0.390. The van der Waals surface area contributed by atoms with E-state index in [4.69, 9.17) is 0 Å². The molecule has 0 saturated heterocycles. The molecular weight excluding hydrogens is 773 g/mol. The predicted molar refractivity (Wildman–Crippen MR) is 282 cm³/mol. The number of fused-ring (bicyclic) bond motifs is 9. The zero-order valence-corrected chi connectivity index (χ0v) is 39.5.